The molecule has 2 aromatic heterocycles. The van der Waals surface area contributed by atoms with E-state index in [1.54, 1.807) is 19.1 Å². The predicted molar refractivity (Wildman–Crippen MR) is 137 cm³/mol. The molecule has 0 atom stereocenters. The number of aromatic nitrogens is 4. The number of pyridine rings is 1. The minimum absolute atomic E-state index is 0.0734. The van der Waals surface area contributed by atoms with Crippen LogP contribution in [0.3, 0.4) is 0 Å². The van der Waals surface area contributed by atoms with Gasteiger partial charge in [-0.1, -0.05) is 25.8 Å². The molecule has 2 fully saturated rings. The van der Waals surface area contributed by atoms with Gasteiger partial charge in [0.1, 0.15) is 31.3 Å². The molecule has 1 amide bonds. The molecule has 8 heteroatoms. The monoisotopic (exact) mass is 491 g/mol. The quantitative estimate of drug-likeness (QED) is 0.509. The van der Waals surface area contributed by atoms with Gasteiger partial charge in [-0.2, -0.15) is 5.10 Å². The van der Waals surface area contributed by atoms with Gasteiger partial charge in [0, 0.05) is 17.5 Å². The summed E-state index contributed by atoms with van der Waals surface area (Å²) >= 11 is 0. The minimum Gasteiger partial charge on any atom is -0.333 e. The van der Waals surface area contributed by atoms with Gasteiger partial charge in [-0.05, 0) is 55.5 Å². The number of piperazine rings is 1. The minimum atomic E-state index is -0.238. The zero-order chi connectivity index (χ0) is 25.2. The number of aryl methyl sites for hydroxylation is 2. The van der Waals surface area contributed by atoms with E-state index in [-0.39, 0.29) is 18.3 Å². The lowest BCUT2D eigenvalue weighted by molar-refractivity contribution is -0.659. The van der Waals surface area contributed by atoms with Crippen LogP contribution in [0, 0.1) is 18.7 Å². The summed E-state index contributed by atoms with van der Waals surface area (Å²) in [4.78, 5) is 22.5. The van der Waals surface area contributed by atoms with E-state index in [9.17, 15) is 9.18 Å². The fraction of sp³-hybridized carbons (Fsp3) is 0.500. The second-order valence-corrected chi connectivity index (χ2v) is 10.4. The van der Waals surface area contributed by atoms with Crippen LogP contribution in [0.15, 0.2) is 42.6 Å². The molecule has 5 rings (SSSR count). The number of hydrogen-bond donors (Lipinski definition) is 0. The van der Waals surface area contributed by atoms with Crippen molar-refractivity contribution >= 4 is 11.7 Å². The molecule has 3 aromatic rings. The van der Waals surface area contributed by atoms with Gasteiger partial charge in [0.2, 0.25) is 5.91 Å². The third-order valence-electron chi connectivity index (χ3n) is 7.77. The van der Waals surface area contributed by atoms with Crippen LogP contribution < -0.4 is 9.47 Å². The topological polar surface area (TPSA) is 58.1 Å². The number of carbonyl (C=O) groups is 1. The number of nitrogens with zero attached hydrogens (tertiary/aromatic N) is 6. The largest absolute Gasteiger partial charge is 0.333 e. The first-order valence-corrected chi connectivity index (χ1v) is 13.1. The number of rotatable bonds is 5. The van der Waals surface area contributed by atoms with Crippen molar-refractivity contribution in [3.63, 3.8) is 0 Å². The van der Waals surface area contributed by atoms with Gasteiger partial charge in [-0.25, -0.2) is 18.6 Å². The van der Waals surface area contributed by atoms with E-state index < -0.39 is 0 Å². The van der Waals surface area contributed by atoms with E-state index >= 15 is 0 Å². The van der Waals surface area contributed by atoms with Crippen LogP contribution in [0.1, 0.15) is 49.9 Å². The lowest BCUT2D eigenvalue weighted by Crippen LogP contribution is -2.52. The average molecular weight is 492 g/mol. The highest BCUT2D eigenvalue weighted by Crippen LogP contribution is 2.35. The Hall–Kier alpha value is -3.29. The Morgan fingerprint density at radius 2 is 1.83 bits per heavy atom. The van der Waals surface area contributed by atoms with Crippen LogP contribution in [0.5, 0.6) is 0 Å². The Bertz CT molecular complexity index is 1220. The Morgan fingerprint density at radius 1 is 1.08 bits per heavy atom. The summed E-state index contributed by atoms with van der Waals surface area (Å²) in [6, 6.07) is 11.2. The van der Waals surface area contributed by atoms with Crippen molar-refractivity contribution in [1.82, 2.24) is 19.7 Å². The predicted octanol–water partition coefficient (Wildman–Crippen LogP) is 3.86. The summed E-state index contributed by atoms with van der Waals surface area (Å²) in [5.74, 6) is 3.48. The van der Waals surface area contributed by atoms with E-state index in [0.717, 1.165) is 61.9 Å². The molecule has 0 unspecified atom stereocenters. The van der Waals surface area contributed by atoms with Crippen LogP contribution in [-0.2, 0) is 18.4 Å². The average Bonchev–Trinajstić information content (AvgIpc) is 3.30. The summed E-state index contributed by atoms with van der Waals surface area (Å²) in [6.07, 6.45) is 6.49. The number of carbonyl (C=O) groups excluding carboxylic acids is 1. The fourth-order valence-electron chi connectivity index (χ4n) is 5.45. The zero-order valence-electron chi connectivity index (χ0n) is 21.5. The first-order chi connectivity index (χ1) is 17.4. The van der Waals surface area contributed by atoms with Crippen molar-refractivity contribution in [1.29, 1.82) is 0 Å². The second kappa shape index (κ2) is 10.4. The van der Waals surface area contributed by atoms with Crippen LogP contribution >= 0.6 is 0 Å². The normalized spacial score (nSPS) is 20.6. The maximum Gasteiger partial charge on any atom is 0.276 e. The van der Waals surface area contributed by atoms with Crippen LogP contribution in [-0.4, -0.2) is 51.8 Å². The van der Waals surface area contributed by atoms with E-state index in [0.29, 0.717) is 30.4 Å². The van der Waals surface area contributed by atoms with Crippen molar-refractivity contribution in [2.75, 3.05) is 31.1 Å². The molecular weight excluding hydrogens is 455 g/mol. The zero-order valence-corrected chi connectivity index (χ0v) is 21.5. The molecule has 36 heavy (non-hydrogen) atoms. The Balaban J connectivity index is 1.33. The number of halogens is 1. The van der Waals surface area contributed by atoms with Gasteiger partial charge in [0.05, 0.1) is 26.3 Å². The highest BCUT2D eigenvalue weighted by atomic mass is 19.1. The maximum atomic E-state index is 13.9. The molecule has 1 aliphatic carbocycles. The molecule has 7 nitrogen and oxygen atoms in total. The summed E-state index contributed by atoms with van der Waals surface area (Å²) in [7, 11) is 2.05. The van der Waals surface area contributed by atoms with Crippen molar-refractivity contribution < 1.29 is 13.8 Å². The molecule has 1 saturated carbocycles. The van der Waals surface area contributed by atoms with Gasteiger partial charge >= 0.3 is 0 Å². The molecule has 1 aromatic carbocycles. The summed E-state index contributed by atoms with van der Waals surface area (Å²) in [6.45, 7) is 7.20. The fourth-order valence-corrected chi connectivity index (χ4v) is 5.45. The Kier molecular flexibility index (Phi) is 7.03. The summed E-state index contributed by atoms with van der Waals surface area (Å²) < 4.78 is 17.8. The Labute approximate surface area is 212 Å². The van der Waals surface area contributed by atoms with Gasteiger partial charge < -0.3 is 4.90 Å². The SMILES string of the molecule is Cc1cc(-c2nc(C3CCC(C)CC3)n(CC(=O)N3CCN(c4cccc[n+]4C)CC3)n2)ccc1F. The third kappa shape index (κ3) is 5.13. The summed E-state index contributed by atoms with van der Waals surface area (Å²) in [5, 5.41) is 4.78. The molecule has 0 bridgehead atoms. The molecule has 0 spiro atoms. The highest BCUT2D eigenvalue weighted by molar-refractivity contribution is 5.76. The van der Waals surface area contributed by atoms with Crippen molar-refractivity contribution in [2.24, 2.45) is 13.0 Å². The number of benzene rings is 1. The highest BCUT2D eigenvalue weighted by Gasteiger charge is 2.30. The maximum absolute atomic E-state index is 13.9. The van der Waals surface area contributed by atoms with Crippen LogP contribution in [0.25, 0.3) is 11.4 Å². The van der Waals surface area contributed by atoms with E-state index in [1.165, 1.54) is 6.07 Å². The third-order valence-corrected chi connectivity index (χ3v) is 7.77. The molecule has 0 N–H and O–H groups in total. The number of amides is 1. The van der Waals surface area contributed by atoms with Crippen LogP contribution in [0.2, 0.25) is 0 Å². The number of anilines is 1. The van der Waals surface area contributed by atoms with Gasteiger partial charge in [-0.15, -0.1) is 0 Å². The van der Waals surface area contributed by atoms with Gasteiger partial charge in [0.25, 0.3) is 5.82 Å². The van der Waals surface area contributed by atoms with Gasteiger partial charge in [0.15, 0.2) is 5.82 Å². The first kappa shape index (κ1) is 24.4. The molecule has 1 saturated heterocycles. The molecule has 2 aliphatic rings. The standard InChI is InChI=1S/C28H36FN6O/c1-20-7-9-22(10-8-20)28-30-27(23-11-12-24(29)21(2)18-23)31-35(28)19-26(36)34-16-14-33(15-17-34)25-6-4-5-13-32(25)3/h4-6,11-13,18,20,22H,7-10,14-17,19H2,1-3H3/q+1. The lowest BCUT2D eigenvalue weighted by Gasteiger charge is -2.32. The molecular formula is C28H36FN6O+. The van der Waals surface area contributed by atoms with E-state index in [4.69, 9.17) is 10.1 Å². The Morgan fingerprint density at radius 3 is 2.53 bits per heavy atom. The second-order valence-electron chi connectivity index (χ2n) is 10.4. The van der Waals surface area contributed by atoms with Gasteiger partial charge in [-0.3, -0.25) is 9.69 Å². The smallest absolute Gasteiger partial charge is 0.276 e. The van der Waals surface area contributed by atoms with Crippen LogP contribution in [0.4, 0.5) is 10.2 Å². The van der Waals surface area contributed by atoms with E-state index in [2.05, 4.69) is 22.5 Å². The molecule has 1 aliphatic heterocycles. The number of hydrogen-bond acceptors (Lipinski definition) is 4. The lowest BCUT2D eigenvalue weighted by atomic mass is 9.82. The van der Waals surface area contributed by atoms with Crippen molar-refractivity contribution in [2.45, 2.75) is 52.0 Å². The van der Waals surface area contributed by atoms with Crippen molar-refractivity contribution in [3.8, 4) is 11.4 Å². The summed E-state index contributed by atoms with van der Waals surface area (Å²) in [5.41, 5.74) is 1.35. The molecule has 0 radical (unpaired) electrons. The first-order valence-electron chi connectivity index (χ1n) is 13.1. The molecule has 190 valence electrons. The van der Waals surface area contributed by atoms with Crippen molar-refractivity contribution in [3.05, 3.63) is 59.8 Å². The molecule has 3 heterocycles. The van der Waals surface area contributed by atoms with E-state index in [1.807, 2.05) is 35.0 Å².